The average molecular weight is 199 g/mol. The van der Waals surface area contributed by atoms with E-state index in [0.29, 0.717) is 13.0 Å². The van der Waals surface area contributed by atoms with Crippen molar-refractivity contribution in [3.63, 3.8) is 0 Å². The molecule has 1 rings (SSSR count). The van der Waals surface area contributed by atoms with Gasteiger partial charge < -0.3 is 10.0 Å². The minimum atomic E-state index is -0.891. The van der Waals surface area contributed by atoms with Crippen LogP contribution in [0.4, 0.5) is 0 Å². The van der Waals surface area contributed by atoms with Crippen molar-refractivity contribution in [2.75, 3.05) is 6.54 Å². The predicted molar refractivity (Wildman–Crippen MR) is 51.8 cm³/mol. The van der Waals surface area contributed by atoms with Gasteiger partial charge in [0.05, 0.1) is 0 Å². The van der Waals surface area contributed by atoms with Crippen molar-refractivity contribution in [2.45, 2.75) is 39.2 Å². The Bertz CT molecular complexity index is 240. The molecule has 0 aromatic rings. The molecule has 0 radical (unpaired) electrons. The van der Waals surface area contributed by atoms with Crippen LogP contribution in [0.5, 0.6) is 0 Å². The molecule has 4 heteroatoms. The van der Waals surface area contributed by atoms with E-state index in [1.165, 1.54) is 4.90 Å². The first kappa shape index (κ1) is 11.0. The minimum Gasteiger partial charge on any atom is -0.480 e. The topological polar surface area (TPSA) is 57.6 Å². The van der Waals surface area contributed by atoms with Crippen LogP contribution in [0.2, 0.25) is 0 Å². The molecule has 1 aliphatic rings. The zero-order valence-corrected chi connectivity index (χ0v) is 8.69. The molecule has 0 aromatic carbocycles. The maximum Gasteiger partial charge on any atom is 0.326 e. The van der Waals surface area contributed by atoms with Crippen LogP contribution in [0.25, 0.3) is 0 Å². The van der Waals surface area contributed by atoms with Gasteiger partial charge >= 0.3 is 5.97 Å². The Kier molecular flexibility index (Phi) is 3.49. The van der Waals surface area contributed by atoms with E-state index in [1.807, 2.05) is 6.92 Å². The number of amides is 1. The molecule has 0 aliphatic carbocycles. The van der Waals surface area contributed by atoms with Gasteiger partial charge in [-0.1, -0.05) is 13.8 Å². The molecule has 4 nitrogen and oxygen atoms in total. The molecule has 1 amide bonds. The summed E-state index contributed by atoms with van der Waals surface area (Å²) in [6, 6.07) is -0.626. The number of likely N-dealkylation sites (tertiary alicyclic amines) is 1. The summed E-state index contributed by atoms with van der Waals surface area (Å²) in [5, 5.41) is 8.92. The van der Waals surface area contributed by atoms with E-state index in [1.54, 1.807) is 6.92 Å². The highest BCUT2D eigenvalue weighted by Gasteiger charge is 2.36. The third kappa shape index (κ3) is 1.89. The second kappa shape index (κ2) is 4.44. The van der Waals surface area contributed by atoms with Crippen LogP contribution in [0.3, 0.4) is 0 Å². The number of rotatable bonds is 4. The molecule has 0 saturated carbocycles. The lowest BCUT2D eigenvalue weighted by molar-refractivity contribution is -0.149. The maximum absolute atomic E-state index is 11.7. The lowest BCUT2D eigenvalue weighted by Gasteiger charge is -2.23. The standard InChI is InChI=1S/C10H17NO3/c1-3-7-5-6-11(9(7)12)8(4-2)10(13)14/h7-8H,3-6H2,1-2H3,(H,13,14). The molecule has 1 aliphatic heterocycles. The van der Waals surface area contributed by atoms with Crippen molar-refractivity contribution in [2.24, 2.45) is 5.92 Å². The molecule has 2 unspecified atom stereocenters. The summed E-state index contributed by atoms with van der Waals surface area (Å²) in [6.07, 6.45) is 2.10. The number of carboxylic acids is 1. The lowest BCUT2D eigenvalue weighted by Crippen LogP contribution is -2.42. The molecule has 80 valence electrons. The van der Waals surface area contributed by atoms with Crippen molar-refractivity contribution in [3.05, 3.63) is 0 Å². The summed E-state index contributed by atoms with van der Waals surface area (Å²) in [6.45, 7) is 4.36. The quantitative estimate of drug-likeness (QED) is 0.737. The highest BCUT2D eigenvalue weighted by atomic mass is 16.4. The first-order valence-corrected chi connectivity index (χ1v) is 5.15. The van der Waals surface area contributed by atoms with Gasteiger partial charge in [0.25, 0.3) is 0 Å². The van der Waals surface area contributed by atoms with Gasteiger partial charge in [0.1, 0.15) is 6.04 Å². The first-order valence-electron chi connectivity index (χ1n) is 5.15. The summed E-state index contributed by atoms with van der Waals surface area (Å²) in [5.74, 6) is -0.831. The van der Waals surface area contributed by atoms with E-state index in [2.05, 4.69) is 0 Å². The number of hydrogen-bond acceptors (Lipinski definition) is 2. The van der Waals surface area contributed by atoms with E-state index < -0.39 is 12.0 Å². The van der Waals surface area contributed by atoms with Crippen LogP contribution in [0.1, 0.15) is 33.1 Å². The Labute approximate surface area is 83.9 Å². The van der Waals surface area contributed by atoms with E-state index in [-0.39, 0.29) is 11.8 Å². The van der Waals surface area contributed by atoms with Gasteiger partial charge in [-0.3, -0.25) is 4.79 Å². The Hall–Kier alpha value is -1.06. The molecule has 0 aromatic heterocycles. The zero-order chi connectivity index (χ0) is 10.7. The van der Waals surface area contributed by atoms with Gasteiger partial charge in [0.2, 0.25) is 5.91 Å². The first-order chi connectivity index (χ1) is 6.61. The Morgan fingerprint density at radius 1 is 1.64 bits per heavy atom. The van der Waals surface area contributed by atoms with Crippen LogP contribution < -0.4 is 0 Å². The maximum atomic E-state index is 11.7. The Balaban J connectivity index is 2.70. The lowest BCUT2D eigenvalue weighted by atomic mass is 10.1. The fourth-order valence-electron chi connectivity index (χ4n) is 1.98. The molecule has 0 bridgehead atoms. The molecule has 1 N–H and O–H groups in total. The number of carbonyl (C=O) groups is 2. The number of carbonyl (C=O) groups excluding carboxylic acids is 1. The normalized spacial score (nSPS) is 24.0. The summed E-state index contributed by atoms with van der Waals surface area (Å²) in [4.78, 5) is 24.1. The van der Waals surface area contributed by atoms with E-state index in [4.69, 9.17) is 5.11 Å². The molecular weight excluding hydrogens is 182 g/mol. The summed E-state index contributed by atoms with van der Waals surface area (Å²) >= 11 is 0. The monoisotopic (exact) mass is 199 g/mol. The third-order valence-corrected chi connectivity index (χ3v) is 2.89. The highest BCUT2D eigenvalue weighted by Crippen LogP contribution is 2.23. The van der Waals surface area contributed by atoms with Crippen LogP contribution in [-0.2, 0) is 9.59 Å². The third-order valence-electron chi connectivity index (χ3n) is 2.89. The minimum absolute atomic E-state index is 0.0155. The van der Waals surface area contributed by atoms with Crippen molar-refractivity contribution in [1.29, 1.82) is 0 Å². The van der Waals surface area contributed by atoms with Crippen LogP contribution in [0.15, 0.2) is 0 Å². The molecule has 1 saturated heterocycles. The number of aliphatic carboxylic acids is 1. The Morgan fingerprint density at radius 2 is 2.29 bits per heavy atom. The van der Waals surface area contributed by atoms with E-state index in [9.17, 15) is 9.59 Å². The van der Waals surface area contributed by atoms with Crippen LogP contribution in [0, 0.1) is 5.92 Å². The second-order valence-corrected chi connectivity index (χ2v) is 3.69. The van der Waals surface area contributed by atoms with Crippen molar-refractivity contribution in [1.82, 2.24) is 4.90 Å². The SMILES string of the molecule is CCC1CCN(C(CC)C(=O)O)C1=O. The summed E-state index contributed by atoms with van der Waals surface area (Å²) in [7, 11) is 0. The smallest absolute Gasteiger partial charge is 0.326 e. The van der Waals surface area contributed by atoms with Gasteiger partial charge in [-0.25, -0.2) is 4.79 Å². The molecule has 1 heterocycles. The van der Waals surface area contributed by atoms with E-state index >= 15 is 0 Å². The predicted octanol–water partition coefficient (Wildman–Crippen LogP) is 1.11. The number of carboxylic acid groups (broad SMARTS) is 1. The largest absolute Gasteiger partial charge is 0.480 e. The fraction of sp³-hybridized carbons (Fsp3) is 0.800. The summed E-state index contributed by atoms with van der Waals surface area (Å²) in [5.41, 5.74) is 0. The number of hydrogen-bond donors (Lipinski definition) is 1. The van der Waals surface area contributed by atoms with E-state index in [0.717, 1.165) is 12.8 Å². The number of nitrogens with zero attached hydrogens (tertiary/aromatic N) is 1. The van der Waals surface area contributed by atoms with Gasteiger partial charge in [-0.15, -0.1) is 0 Å². The van der Waals surface area contributed by atoms with Crippen LogP contribution >= 0.6 is 0 Å². The summed E-state index contributed by atoms with van der Waals surface area (Å²) < 4.78 is 0. The molecule has 14 heavy (non-hydrogen) atoms. The Morgan fingerprint density at radius 3 is 2.64 bits per heavy atom. The average Bonchev–Trinajstić information content (AvgIpc) is 2.49. The van der Waals surface area contributed by atoms with Crippen molar-refractivity contribution in [3.8, 4) is 0 Å². The van der Waals surface area contributed by atoms with Crippen LogP contribution in [-0.4, -0.2) is 34.5 Å². The zero-order valence-electron chi connectivity index (χ0n) is 8.69. The van der Waals surface area contributed by atoms with Gasteiger partial charge in [0.15, 0.2) is 0 Å². The van der Waals surface area contributed by atoms with Gasteiger partial charge in [-0.05, 0) is 19.3 Å². The van der Waals surface area contributed by atoms with Gasteiger partial charge in [0, 0.05) is 12.5 Å². The van der Waals surface area contributed by atoms with Gasteiger partial charge in [-0.2, -0.15) is 0 Å². The second-order valence-electron chi connectivity index (χ2n) is 3.69. The van der Waals surface area contributed by atoms with Crippen molar-refractivity contribution < 1.29 is 14.7 Å². The molecule has 2 atom stereocenters. The molecule has 1 fully saturated rings. The highest BCUT2D eigenvalue weighted by molar-refractivity contribution is 5.86. The van der Waals surface area contributed by atoms with Crippen molar-refractivity contribution >= 4 is 11.9 Å². The fourth-order valence-corrected chi connectivity index (χ4v) is 1.98. The molecular formula is C10H17NO3. The molecule has 0 spiro atoms.